The Bertz CT molecular complexity index is 516. The van der Waals surface area contributed by atoms with E-state index in [1.165, 1.54) is 0 Å². The molecule has 1 saturated heterocycles. The zero-order chi connectivity index (χ0) is 15.2. The van der Waals surface area contributed by atoms with Crippen LogP contribution in [0.2, 0.25) is 0 Å². The fraction of sp³-hybridized carbons (Fsp3) is 0.500. The molecule has 2 N–H and O–H groups in total. The topological polar surface area (TPSA) is 61.4 Å². The number of rotatable bonds is 5. The molecule has 1 aliphatic heterocycles. The van der Waals surface area contributed by atoms with Crippen molar-refractivity contribution in [3.63, 3.8) is 0 Å². The highest BCUT2D eigenvalue weighted by Crippen LogP contribution is 2.22. The van der Waals surface area contributed by atoms with Gasteiger partial charge in [0.2, 0.25) is 5.91 Å². The van der Waals surface area contributed by atoms with Crippen molar-refractivity contribution in [1.82, 2.24) is 15.5 Å². The highest BCUT2D eigenvalue weighted by Gasteiger charge is 2.34. The van der Waals surface area contributed by atoms with E-state index in [2.05, 4.69) is 10.6 Å². The van der Waals surface area contributed by atoms with Crippen LogP contribution in [-0.4, -0.2) is 49.9 Å². The van der Waals surface area contributed by atoms with Crippen LogP contribution in [0.5, 0.6) is 0 Å². The van der Waals surface area contributed by atoms with E-state index in [4.69, 9.17) is 0 Å². The van der Waals surface area contributed by atoms with Gasteiger partial charge in [-0.3, -0.25) is 9.59 Å². The number of hydrogen-bond donors (Lipinski definition) is 2. The summed E-state index contributed by atoms with van der Waals surface area (Å²) >= 11 is 0. The molecule has 114 valence electrons. The van der Waals surface area contributed by atoms with Crippen molar-refractivity contribution in [2.45, 2.75) is 25.3 Å². The molecule has 1 aromatic carbocycles. The Hall–Kier alpha value is -1.88. The normalized spacial score (nSPS) is 17.8. The van der Waals surface area contributed by atoms with E-state index >= 15 is 0 Å². The first kappa shape index (κ1) is 15.5. The van der Waals surface area contributed by atoms with Gasteiger partial charge >= 0.3 is 0 Å². The number of hydrogen-bond acceptors (Lipinski definition) is 3. The first-order valence-electron chi connectivity index (χ1n) is 7.44. The minimum atomic E-state index is -0.333. The largest absolute Gasteiger partial charge is 0.357 e. The molecule has 5 nitrogen and oxygen atoms in total. The molecular formula is C16H23N3O2. The van der Waals surface area contributed by atoms with Gasteiger partial charge in [-0.1, -0.05) is 18.2 Å². The average molecular weight is 289 g/mol. The van der Waals surface area contributed by atoms with Crippen molar-refractivity contribution in [2.75, 3.05) is 27.2 Å². The summed E-state index contributed by atoms with van der Waals surface area (Å²) in [6.07, 6.45) is 2.42. The van der Waals surface area contributed by atoms with Crippen LogP contribution in [-0.2, 0) is 11.2 Å². The summed E-state index contributed by atoms with van der Waals surface area (Å²) in [5.41, 5.74) is 1.74. The van der Waals surface area contributed by atoms with Gasteiger partial charge in [-0.2, -0.15) is 0 Å². The molecule has 0 radical (unpaired) electrons. The van der Waals surface area contributed by atoms with Crippen molar-refractivity contribution in [3.8, 4) is 0 Å². The fourth-order valence-electron chi connectivity index (χ4n) is 2.81. The van der Waals surface area contributed by atoms with Crippen LogP contribution in [0.15, 0.2) is 24.3 Å². The van der Waals surface area contributed by atoms with Crippen molar-refractivity contribution in [2.24, 2.45) is 0 Å². The van der Waals surface area contributed by atoms with Crippen molar-refractivity contribution >= 4 is 11.8 Å². The number of amides is 2. The van der Waals surface area contributed by atoms with E-state index in [1.807, 2.05) is 31.3 Å². The summed E-state index contributed by atoms with van der Waals surface area (Å²) < 4.78 is 0. The van der Waals surface area contributed by atoms with Crippen LogP contribution in [0.1, 0.15) is 28.8 Å². The van der Waals surface area contributed by atoms with E-state index in [9.17, 15) is 9.59 Å². The Balaban J connectivity index is 2.21. The molecule has 5 heteroatoms. The zero-order valence-corrected chi connectivity index (χ0v) is 12.7. The maximum absolute atomic E-state index is 12.8. The Kier molecular flexibility index (Phi) is 5.33. The van der Waals surface area contributed by atoms with Gasteiger partial charge in [-0.25, -0.2) is 0 Å². The molecule has 0 aromatic heterocycles. The first-order valence-corrected chi connectivity index (χ1v) is 7.44. The average Bonchev–Trinajstić information content (AvgIpc) is 3.01. The monoisotopic (exact) mass is 289 g/mol. The molecule has 1 aromatic rings. The summed E-state index contributed by atoms with van der Waals surface area (Å²) in [5, 5.41) is 5.75. The third-order valence-electron chi connectivity index (χ3n) is 3.95. The van der Waals surface area contributed by atoms with Crippen LogP contribution in [0, 0.1) is 0 Å². The van der Waals surface area contributed by atoms with Crippen LogP contribution < -0.4 is 10.6 Å². The molecule has 1 atom stereocenters. The maximum Gasteiger partial charge on any atom is 0.254 e. The van der Waals surface area contributed by atoms with E-state index < -0.39 is 0 Å². The summed E-state index contributed by atoms with van der Waals surface area (Å²) in [5.74, 6) is -0.110. The number of likely N-dealkylation sites (N-methyl/N-ethyl adjacent to an activating group) is 2. The smallest absolute Gasteiger partial charge is 0.254 e. The molecule has 0 spiro atoms. The molecule has 2 amide bonds. The highest BCUT2D eigenvalue weighted by atomic mass is 16.2. The van der Waals surface area contributed by atoms with Crippen molar-refractivity contribution < 1.29 is 9.59 Å². The molecule has 2 rings (SSSR count). The van der Waals surface area contributed by atoms with Gasteiger partial charge in [0, 0.05) is 19.2 Å². The molecule has 1 aliphatic rings. The van der Waals surface area contributed by atoms with Gasteiger partial charge < -0.3 is 15.5 Å². The van der Waals surface area contributed by atoms with Crippen LogP contribution >= 0.6 is 0 Å². The summed E-state index contributed by atoms with van der Waals surface area (Å²) in [6.45, 7) is 1.47. The molecule has 1 fully saturated rings. The van der Waals surface area contributed by atoms with Crippen LogP contribution in [0.25, 0.3) is 0 Å². The van der Waals surface area contributed by atoms with Crippen LogP contribution in [0.4, 0.5) is 0 Å². The molecule has 0 bridgehead atoms. The van der Waals surface area contributed by atoms with Gasteiger partial charge in [0.15, 0.2) is 0 Å². The molecule has 0 saturated carbocycles. The molecule has 1 unspecified atom stereocenters. The number of carbonyl (C=O) groups excluding carboxylic acids is 2. The van der Waals surface area contributed by atoms with Gasteiger partial charge in [-0.05, 0) is 44.5 Å². The van der Waals surface area contributed by atoms with Crippen molar-refractivity contribution in [3.05, 3.63) is 35.4 Å². The number of nitrogens with one attached hydrogen (secondary N) is 2. The van der Waals surface area contributed by atoms with Gasteiger partial charge in [0.05, 0.1) is 0 Å². The minimum Gasteiger partial charge on any atom is -0.357 e. The molecule has 1 heterocycles. The third kappa shape index (κ3) is 3.42. The lowest BCUT2D eigenvalue weighted by atomic mass is 10.0. The van der Waals surface area contributed by atoms with Gasteiger partial charge in [0.1, 0.15) is 6.04 Å². The second-order valence-electron chi connectivity index (χ2n) is 5.28. The number of nitrogens with zero attached hydrogens (tertiary/aromatic N) is 1. The zero-order valence-electron chi connectivity index (χ0n) is 12.7. The predicted molar refractivity (Wildman–Crippen MR) is 82.2 cm³/mol. The highest BCUT2D eigenvalue weighted by molar-refractivity contribution is 5.99. The van der Waals surface area contributed by atoms with Gasteiger partial charge in [-0.15, -0.1) is 0 Å². The summed E-state index contributed by atoms with van der Waals surface area (Å²) in [7, 11) is 3.51. The number of likely N-dealkylation sites (tertiary alicyclic amines) is 1. The summed E-state index contributed by atoms with van der Waals surface area (Å²) in [4.78, 5) is 26.4. The lowest BCUT2D eigenvalue weighted by Crippen LogP contribution is -2.45. The molecule has 0 aliphatic carbocycles. The quantitative estimate of drug-likeness (QED) is 0.843. The third-order valence-corrected chi connectivity index (χ3v) is 3.95. The van der Waals surface area contributed by atoms with Gasteiger partial charge in [0.25, 0.3) is 5.91 Å². The minimum absolute atomic E-state index is 0.0344. The lowest BCUT2D eigenvalue weighted by molar-refractivity contribution is -0.124. The maximum atomic E-state index is 12.8. The standard InChI is InChI=1S/C16H23N3O2/c1-17-10-9-12-6-3-4-7-13(12)16(21)19-11-5-8-14(19)15(20)18-2/h3-4,6-7,14,17H,5,8-11H2,1-2H3,(H,18,20). The second kappa shape index (κ2) is 7.22. The Labute approximate surface area is 125 Å². The van der Waals surface area contributed by atoms with Crippen molar-refractivity contribution in [1.29, 1.82) is 0 Å². The predicted octanol–water partition coefficient (Wildman–Crippen LogP) is 0.799. The van der Waals surface area contributed by atoms with E-state index in [-0.39, 0.29) is 17.9 Å². The Morgan fingerprint density at radius 1 is 1.29 bits per heavy atom. The lowest BCUT2D eigenvalue weighted by Gasteiger charge is -2.24. The Morgan fingerprint density at radius 3 is 2.76 bits per heavy atom. The fourth-order valence-corrected chi connectivity index (χ4v) is 2.81. The van der Waals surface area contributed by atoms with E-state index in [0.717, 1.165) is 31.4 Å². The van der Waals surface area contributed by atoms with Crippen LogP contribution in [0.3, 0.4) is 0 Å². The number of carbonyl (C=O) groups is 2. The van der Waals surface area contributed by atoms with E-state index in [1.54, 1.807) is 11.9 Å². The Morgan fingerprint density at radius 2 is 2.05 bits per heavy atom. The first-order chi connectivity index (χ1) is 10.2. The second-order valence-corrected chi connectivity index (χ2v) is 5.28. The molecular weight excluding hydrogens is 266 g/mol. The number of benzene rings is 1. The summed E-state index contributed by atoms with van der Waals surface area (Å²) in [6, 6.07) is 7.32. The SMILES string of the molecule is CNCCc1ccccc1C(=O)N1CCCC1C(=O)NC. The van der Waals surface area contributed by atoms with E-state index in [0.29, 0.717) is 12.1 Å². The molecule has 21 heavy (non-hydrogen) atoms.